The summed E-state index contributed by atoms with van der Waals surface area (Å²) >= 11 is -1.04. The molecule has 0 atom stereocenters. The van der Waals surface area contributed by atoms with Crippen molar-refractivity contribution in [2.24, 2.45) is 0 Å². The second-order valence-corrected chi connectivity index (χ2v) is 16.7. The van der Waals surface area contributed by atoms with Crippen LogP contribution < -0.4 is 21.2 Å². The van der Waals surface area contributed by atoms with E-state index in [0.29, 0.717) is 0 Å². The van der Waals surface area contributed by atoms with Gasteiger partial charge in [-0.3, -0.25) is 0 Å². The van der Waals surface area contributed by atoms with Crippen LogP contribution in [0.2, 0.25) is 0 Å². The quantitative estimate of drug-likeness (QED) is 0.257. The molecule has 31 heavy (non-hydrogen) atoms. The van der Waals surface area contributed by atoms with Crippen molar-refractivity contribution < 1.29 is 0 Å². The zero-order valence-corrected chi connectivity index (χ0v) is 21.6. The van der Waals surface area contributed by atoms with Gasteiger partial charge in [0.2, 0.25) is 0 Å². The molecule has 5 heteroatoms. The molecule has 0 saturated carbocycles. The Morgan fingerprint density at radius 2 is 0.645 bits per heavy atom. The van der Waals surface area contributed by atoms with Gasteiger partial charge in [0.15, 0.2) is 0 Å². The first-order valence-corrected chi connectivity index (χ1v) is 15.4. The van der Waals surface area contributed by atoms with Crippen LogP contribution in [0, 0.1) is 0 Å². The van der Waals surface area contributed by atoms with Crippen molar-refractivity contribution >= 4 is 59.1 Å². The van der Waals surface area contributed by atoms with Crippen LogP contribution in [0.3, 0.4) is 0 Å². The minimum absolute atomic E-state index is 0.550. The van der Waals surface area contributed by atoms with Gasteiger partial charge in [-0.2, -0.15) is 0 Å². The number of rotatable bonds is 6. The van der Waals surface area contributed by atoms with Crippen molar-refractivity contribution in [1.82, 2.24) is 5.78 Å². The van der Waals surface area contributed by atoms with Crippen LogP contribution in [-0.2, 0) is 0 Å². The molecular formula is C26H22N2P2Sn. The van der Waals surface area contributed by atoms with E-state index in [1.165, 1.54) is 21.2 Å². The van der Waals surface area contributed by atoms with Crippen molar-refractivity contribution in [2.75, 3.05) is 0 Å². The van der Waals surface area contributed by atoms with Crippen molar-refractivity contribution in [1.29, 1.82) is 0 Å². The molecule has 0 saturated heterocycles. The summed E-state index contributed by atoms with van der Waals surface area (Å²) in [5.41, 5.74) is 0. The monoisotopic (exact) mass is 544 g/mol. The van der Waals surface area contributed by atoms with Crippen molar-refractivity contribution in [2.45, 2.75) is 0 Å². The molecule has 0 N–H and O–H groups in total. The Labute approximate surface area is 197 Å². The summed E-state index contributed by atoms with van der Waals surface area (Å²) in [6, 6.07) is 44.0. The Balaban J connectivity index is 1.49. The van der Waals surface area contributed by atoms with Crippen molar-refractivity contribution in [3.63, 3.8) is 0 Å². The van der Waals surface area contributed by atoms with Gasteiger partial charge < -0.3 is 0 Å². The van der Waals surface area contributed by atoms with Crippen LogP contribution >= 0.6 is 16.1 Å². The average Bonchev–Trinajstić information content (AvgIpc) is 3.31. The number of hydrogen-bond acceptors (Lipinski definition) is 2. The van der Waals surface area contributed by atoms with Gasteiger partial charge in [0.1, 0.15) is 0 Å². The molecule has 0 amide bonds. The van der Waals surface area contributed by atoms with E-state index in [-0.39, 0.29) is 0 Å². The van der Waals surface area contributed by atoms with E-state index in [4.69, 9.17) is 0 Å². The molecule has 4 aromatic rings. The number of benzene rings is 4. The van der Waals surface area contributed by atoms with Gasteiger partial charge in [-0.15, -0.1) is 0 Å². The molecule has 5 rings (SSSR count). The maximum atomic E-state index is 2.69. The average molecular weight is 543 g/mol. The molecule has 4 aromatic carbocycles. The third-order valence-corrected chi connectivity index (χ3v) is 15.9. The van der Waals surface area contributed by atoms with Gasteiger partial charge in [0.25, 0.3) is 0 Å². The normalized spacial score (nSPS) is 13.4. The van der Waals surface area contributed by atoms with E-state index >= 15 is 0 Å². The van der Waals surface area contributed by atoms with Crippen LogP contribution in [0.15, 0.2) is 134 Å². The molecule has 0 aromatic heterocycles. The van der Waals surface area contributed by atoms with Crippen LogP contribution in [0.25, 0.3) is 0 Å². The molecule has 1 heterocycles. The van der Waals surface area contributed by atoms with E-state index in [1.54, 1.807) is 0 Å². The SMILES string of the molecule is C1=C[N](P(c2ccccc2)c2ccccc2)[Sn][N]1P(c1ccccc1)c1ccccc1. The second-order valence-electron chi connectivity index (χ2n) is 7.05. The number of nitrogens with zero attached hydrogens (tertiary/aromatic N) is 2. The minimum atomic E-state index is -1.04. The summed E-state index contributed by atoms with van der Waals surface area (Å²) in [5.74, 6) is 0. The predicted molar refractivity (Wildman–Crippen MR) is 137 cm³/mol. The van der Waals surface area contributed by atoms with Crippen molar-refractivity contribution in [3.05, 3.63) is 134 Å². The molecule has 0 fully saturated rings. The fourth-order valence-electron chi connectivity index (χ4n) is 3.59. The molecule has 1 aliphatic rings. The predicted octanol–water partition coefficient (Wildman–Crippen LogP) is 4.71. The summed E-state index contributed by atoms with van der Waals surface area (Å²) in [6.07, 6.45) is 4.72. The molecule has 0 unspecified atom stereocenters. The summed E-state index contributed by atoms with van der Waals surface area (Å²) < 4.78 is 5.37. The molecular weight excluding hydrogens is 521 g/mol. The first-order valence-electron chi connectivity index (χ1n) is 10.2. The van der Waals surface area contributed by atoms with Crippen LogP contribution in [-0.4, -0.2) is 27.5 Å². The summed E-state index contributed by atoms with van der Waals surface area (Å²) in [5, 5.41) is 5.67. The first kappa shape index (κ1) is 20.8. The van der Waals surface area contributed by atoms with Gasteiger partial charge in [-0.1, -0.05) is 0 Å². The molecule has 2 nitrogen and oxygen atoms in total. The first-order chi connectivity index (χ1) is 15.4. The Morgan fingerprint density at radius 1 is 0.387 bits per heavy atom. The maximum absolute atomic E-state index is 2.69. The van der Waals surface area contributed by atoms with Gasteiger partial charge in [-0.25, -0.2) is 0 Å². The van der Waals surface area contributed by atoms with E-state index in [1.807, 2.05) is 0 Å². The second kappa shape index (κ2) is 10.0. The van der Waals surface area contributed by atoms with Gasteiger partial charge in [-0.05, 0) is 0 Å². The topological polar surface area (TPSA) is 6.48 Å². The van der Waals surface area contributed by atoms with Gasteiger partial charge >= 0.3 is 199 Å². The van der Waals surface area contributed by atoms with E-state index in [2.05, 4.69) is 140 Å². The molecule has 150 valence electrons. The Bertz CT molecular complexity index is 955. The van der Waals surface area contributed by atoms with Gasteiger partial charge in [0.05, 0.1) is 0 Å². The Morgan fingerprint density at radius 3 is 0.903 bits per heavy atom. The van der Waals surface area contributed by atoms with E-state index in [9.17, 15) is 0 Å². The molecule has 0 aliphatic carbocycles. The van der Waals surface area contributed by atoms with Crippen LogP contribution in [0.5, 0.6) is 0 Å². The fourth-order valence-corrected chi connectivity index (χ4v) is 16.2. The fraction of sp³-hybridized carbons (Fsp3) is 0. The number of hydrogen-bond donors (Lipinski definition) is 0. The molecule has 0 spiro atoms. The standard InChI is InChI=1S/C26H22N2P2.Sn/c1-5-13-23(14-6-1)29(24-15-7-2-8-16-24)27-21-22-28-30(25-17-9-3-10-18-25)26-19-11-4-12-20-26;/h1-22H;/q-2;+2. The Hall–Kier alpha value is -2.12. The molecule has 2 radical (unpaired) electrons. The third-order valence-electron chi connectivity index (χ3n) is 4.99. The molecule has 0 bridgehead atoms. The zero-order valence-electron chi connectivity index (χ0n) is 17.0. The van der Waals surface area contributed by atoms with Crippen LogP contribution in [0.1, 0.15) is 0 Å². The van der Waals surface area contributed by atoms with E-state index in [0.717, 1.165) is 0 Å². The van der Waals surface area contributed by atoms with Gasteiger partial charge in [0, 0.05) is 0 Å². The third kappa shape index (κ3) is 4.72. The van der Waals surface area contributed by atoms with E-state index < -0.39 is 37.8 Å². The summed E-state index contributed by atoms with van der Waals surface area (Å²) in [4.78, 5) is 0. The van der Waals surface area contributed by atoms with Crippen molar-refractivity contribution in [3.8, 4) is 0 Å². The Kier molecular flexibility index (Phi) is 6.70. The van der Waals surface area contributed by atoms with Crippen LogP contribution in [0.4, 0.5) is 0 Å². The zero-order chi connectivity index (χ0) is 20.9. The molecule has 1 aliphatic heterocycles. The summed E-state index contributed by atoms with van der Waals surface area (Å²) in [7, 11) is -1.10. The summed E-state index contributed by atoms with van der Waals surface area (Å²) in [6.45, 7) is 0.